The fourth-order valence-corrected chi connectivity index (χ4v) is 3.80. The minimum Gasteiger partial charge on any atom is -0.392 e. The number of unbranched alkanes of at least 4 members (excludes halogenated alkanes) is 8. The van der Waals surface area contributed by atoms with Crippen molar-refractivity contribution in [1.82, 2.24) is 15.5 Å². The molecule has 0 radical (unpaired) electrons. The second-order valence-corrected chi connectivity index (χ2v) is 9.39. The lowest BCUT2D eigenvalue weighted by molar-refractivity contribution is -0.117. The van der Waals surface area contributed by atoms with Gasteiger partial charge in [0.2, 0.25) is 11.8 Å². The van der Waals surface area contributed by atoms with Gasteiger partial charge in [-0.2, -0.15) is 0 Å². The largest absolute Gasteiger partial charge is 0.392 e. The van der Waals surface area contributed by atoms with E-state index in [4.69, 9.17) is 0 Å². The first kappa shape index (κ1) is 31.3. The summed E-state index contributed by atoms with van der Waals surface area (Å²) in [6.45, 7) is 11.8. The molecular formula is C27H51N3O3. The van der Waals surface area contributed by atoms with E-state index in [1.165, 1.54) is 38.5 Å². The monoisotopic (exact) mass is 465 g/mol. The summed E-state index contributed by atoms with van der Waals surface area (Å²) in [5.74, 6) is -0.166. The minimum absolute atomic E-state index is 0.0630. The highest BCUT2D eigenvalue weighted by atomic mass is 16.3. The van der Waals surface area contributed by atoms with Crippen molar-refractivity contribution in [2.24, 2.45) is 0 Å². The van der Waals surface area contributed by atoms with Crippen molar-refractivity contribution in [3.63, 3.8) is 0 Å². The lowest BCUT2D eigenvalue weighted by Crippen LogP contribution is -2.48. The highest BCUT2D eigenvalue weighted by molar-refractivity contribution is 5.88. The van der Waals surface area contributed by atoms with Crippen molar-refractivity contribution < 1.29 is 14.7 Å². The smallest absolute Gasteiger partial charge is 0.243 e. The molecule has 0 aromatic carbocycles. The Morgan fingerprint density at radius 2 is 1.15 bits per heavy atom. The summed E-state index contributed by atoms with van der Waals surface area (Å²) in [4.78, 5) is 26.4. The number of amides is 2. The van der Waals surface area contributed by atoms with Crippen LogP contribution in [0.15, 0.2) is 24.3 Å². The summed E-state index contributed by atoms with van der Waals surface area (Å²) < 4.78 is 0. The number of carbonyl (C=O) groups is 2. The Kier molecular flexibility index (Phi) is 19.9. The van der Waals surface area contributed by atoms with Gasteiger partial charge >= 0.3 is 0 Å². The zero-order valence-electron chi connectivity index (χ0n) is 21.9. The van der Waals surface area contributed by atoms with E-state index >= 15 is 0 Å². The van der Waals surface area contributed by atoms with E-state index in [0.717, 1.165) is 25.7 Å². The summed E-state index contributed by atoms with van der Waals surface area (Å²) in [6, 6.07) is -0.126. The molecule has 3 unspecified atom stereocenters. The zero-order valence-corrected chi connectivity index (χ0v) is 21.9. The molecule has 0 saturated carbocycles. The molecule has 0 saturated heterocycles. The first-order valence-corrected chi connectivity index (χ1v) is 13.1. The van der Waals surface area contributed by atoms with Crippen molar-refractivity contribution in [3.05, 3.63) is 24.3 Å². The molecule has 6 nitrogen and oxygen atoms in total. The molecule has 0 aliphatic rings. The minimum atomic E-state index is -0.484. The van der Waals surface area contributed by atoms with Gasteiger partial charge in [-0.15, -0.1) is 0 Å². The van der Waals surface area contributed by atoms with Crippen LogP contribution in [0.4, 0.5) is 0 Å². The number of nitrogens with one attached hydrogen (secondary N) is 2. The average molecular weight is 466 g/mol. The van der Waals surface area contributed by atoms with Gasteiger partial charge in [-0.3, -0.25) is 14.5 Å². The van der Waals surface area contributed by atoms with Crippen LogP contribution < -0.4 is 10.6 Å². The Balaban J connectivity index is 4.42. The molecule has 0 aliphatic heterocycles. The van der Waals surface area contributed by atoms with Gasteiger partial charge in [0.25, 0.3) is 0 Å². The topological polar surface area (TPSA) is 81.7 Å². The van der Waals surface area contributed by atoms with E-state index in [0.29, 0.717) is 19.6 Å². The summed E-state index contributed by atoms with van der Waals surface area (Å²) in [5, 5.41) is 15.9. The summed E-state index contributed by atoms with van der Waals surface area (Å²) >= 11 is 0. The first-order valence-electron chi connectivity index (χ1n) is 13.1. The highest BCUT2D eigenvalue weighted by Gasteiger charge is 2.17. The van der Waals surface area contributed by atoms with Crippen LogP contribution in [-0.4, -0.2) is 59.6 Å². The zero-order chi connectivity index (χ0) is 24.9. The molecule has 0 spiro atoms. The molecule has 6 heteroatoms. The van der Waals surface area contributed by atoms with Crippen LogP contribution in [0.3, 0.4) is 0 Å². The van der Waals surface area contributed by atoms with Crippen molar-refractivity contribution in [3.8, 4) is 0 Å². The Hall–Kier alpha value is -1.66. The van der Waals surface area contributed by atoms with Crippen LogP contribution in [0.1, 0.15) is 98.8 Å². The predicted octanol–water partition coefficient (Wildman–Crippen LogP) is 4.73. The summed E-state index contributed by atoms with van der Waals surface area (Å²) in [6.07, 6.45) is 18.1. The lowest BCUT2D eigenvalue weighted by Gasteiger charge is -2.29. The third kappa shape index (κ3) is 20.7. The highest BCUT2D eigenvalue weighted by Crippen LogP contribution is 2.04. The molecule has 0 aliphatic carbocycles. The van der Waals surface area contributed by atoms with Crippen molar-refractivity contribution in [1.29, 1.82) is 0 Å². The maximum absolute atomic E-state index is 12.2. The maximum Gasteiger partial charge on any atom is 0.243 e. The van der Waals surface area contributed by atoms with E-state index in [2.05, 4.69) is 29.4 Å². The molecule has 0 rings (SSSR count). The van der Waals surface area contributed by atoms with Crippen molar-refractivity contribution >= 4 is 11.8 Å². The van der Waals surface area contributed by atoms with Gasteiger partial charge < -0.3 is 15.7 Å². The first-order chi connectivity index (χ1) is 15.8. The Labute approximate surface area is 203 Å². The van der Waals surface area contributed by atoms with Crippen LogP contribution in [0.2, 0.25) is 0 Å². The van der Waals surface area contributed by atoms with Crippen LogP contribution in [-0.2, 0) is 9.59 Å². The van der Waals surface area contributed by atoms with Gasteiger partial charge in [0.05, 0.1) is 6.10 Å². The van der Waals surface area contributed by atoms with E-state index in [1.807, 2.05) is 26.0 Å². The van der Waals surface area contributed by atoms with Gasteiger partial charge in [0.1, 0.15) is 0 Å². The van der Waals surface area contributed by atoms with Gasteiger partial charge in [0.15, 0.2) is 0 Å². The SMILES string of the molecule is CCCCCC/C=C/C(=O)NC(C)CN(CC(C)O)CC(C)NC(=O)/C=C/CCCCCC. The van der Waals surface area contributed by atoms with Crippen LogP contribution in [0.25, 0.3) is 0 Å². The van der Waals surface area contributed by atoms with Gasteiger partial charge in [-0.05, 0) is 58.6 Å². The Bertz CT molecular complexity index is 517. The quantitative estimate of drug-likeness (QED) is 0.179. The van der Waals surface area contributed by atoms with Gasteiger partial charge in [0, 0.05) is 31.7 Å². The molecule has 0 heterocycles. The third-order valence-corrected chi connectivity index (χ3v) is 5.35. The maximum atomic E-state index is 12.2. The second-order valence-electron chi connectivity index (χ2n) is 9.39. The standard InChI is InChI=1S/C27H51N3O3/c1-6-8-10-12-14-16-18-26(32)28-23(3)20-30(22-25(5)31)21-24(4)29-27(33)19-17-15-13-11-9-7-2/h16-19,23-25,31H,6-15,20-22H2,1-5H3,(H,28,32)(H,29,33)/b18-16+,19-17+. The number of hydrogen-bond donors (Lipinski definition) is 3. The molecule has 3 N–H and O–H groups in total. The van der Waals surface area contributed by atoms with Gasteiger partial charge in [-0.25, -0.2) is 0 Å². The lowest BCUT2D eigenvalue weighted by atomic mass is 10.1. The number of carbonyl (C=O) groups excluding carboxylic acids is 2. The molecule has 3 atom stereocenters. The molecule has 2 amide bonds. The molecule has 0 fully saturated rings. The van der Waals surface area contributed by atoms with E-state index < -0.39 is 6.10 Å². The summed E-state index contributed by atoms with van der Waals surface area (Å²) in [5.41, 5.74) is 0. The van der Waals surface area contributed by atoms with E-state index in [1.54, 1.807) is 19.1 Å². The normalized spacial score (nSPS) is 14.6. The number of hydrogen-bond acceptors (Lipinski definition) is 4. The molecule has 33 heavy (non-hydrogen) atoms. The fraction of sp³-hybridized carbons (Fsp3) is 0.778. The van der Waals surface area contributed by atoms with Crippen molar-refractivity contribution in [2.45, 2.75) is 117 Å². The fourth-order valence-electron chi connectivity index (χ4n) is 3.80. The third-order valence-electron chi connectivity index (χ3n) is 5.35. The Morgan fingerprint density at radius 3 is 1.52 bits per heavy atom. The molecule has 0 aromatic rings. The summed E-state index contributed by atoms with van der Waals surface area (Å²) in [7, 11) is 0. The molecule has 192 valence electrons. The van der Waals surface area contributed by atoms with E-state index in [9.17, 15) is 14.7 Å². The number of allylic oxidation sites excluding steroid dienone is 2. The number of rotatable bonds is 20. The number of aliphatic hydroxyl groups is 1. The Morgan fingerprint density at radius 1 is 0.727 bits per heavy atom. The molecular weight excluding hydrogens is 414 g/mol. The molecule has 0 aromatic heterocycles. The second kappa shape index (κ2) is 20.9. The number of aliphatic hydroxyl groups excluding tert-OH is 1. The molecule has 0 bridgehead atoms. The van der Waals surface area contributed by atoms with Gasteiger partial charge in [-0.1, -0.05) is 64.5 Å². The predicted molar refractivity (Wildman–Crippen MR) is 139 cm³/mol. The average Bonchev–Trinajstić information content (AvgIpc) is 2.72. The van der Waals surface area contributed by atoms with Crippen LogP contribution in [0, 0.1) is 0 Å². The van der Waals surface area contributed by atoms with Crippen LogP contribution >= 0.6 is 0 Å². The van der Waals surface area contributed by atoms with Crippen LogP contribution in [0.5, 0.6) is 0 Å². The van der Waals surface area contributed by atoms with Crippen molar-refractivity contribution in [2.75, 3.05) is 19.6 Å². The number of nitrogens with zero attached hydrogens (tertiary/aromatic N) is 1. The van der Waals surface area contributed by atoms with E-state index in [-0.39, 0.29) is 23.9 Å².